The van der Waals surface area contributed by atoms with E-state index in [0.717, 1.165) is 17.2 Å². The van der Waals surface area contributed by atoms with Crippen molar-refractivity contribution in [3.05, 3.63) is 91.6 Å². The zero-order chi connectivity index (χ0) is 24.0. The fourth-order valence-corrected chi connectivity index (χ4v) is 4.10. The minimum Gasteiger partial charge on any atom is -0.483 e. The second-order valence-electron chi connectivity index (χ2n) is 7.06. The van der Waals surface area contributed by atoms with E-state index >= 15 is 0 Å². The molecule has 0 fully saturated rings. The third-order valence-corrected chi connectivity index (χ3v) is 5.43. The van der Waals surface area contributed by atoms with Gasteiger partial charge in [-0.15, -0.1) is 0 Å². The molecule has 0 saturated carbocycles. The van der Waals surface area contributed by atoms with Crippen molar-refractivity contribution in [1.29, 1.82) is 0 Å². The molecule has 0 aliphatic rings. The highest BCUT2D eigenvalue weighted by Crippen LogP contribution is 2.32. The molecule has 6 nitrogen and oxygen atoms in total. The van der Waals surface area contributed by atoms with Gasteiger partial charge >= 0.3 is 5.97 Å². The topological polar surface area (TPSA) is 77.0 Å². The Balaban J connectivity index is 1.69. The average molecular weight is 578 g/mol. The zero-order valence-corrected chi connectivity index (χ0v) is 20.9. The Morgan fingerprint density at radius 3 is 2.64 bits per heavy atom. The maximum atomic E-state index is 13.4. The number of carbonyl (C=O) groups excluding carboxylic acids is 2. The van der Waals surface area contributed by atoms with Gasteiger partial charge in [0.2, 0.25) is 0 Å². The van der Waals surface area contributed by atoms with Gasteiger partial charge in [-0.1, -0.05) is 34.1 Å². The molecule has 0 aromatic heterocycles. The first-order chi connectivity index (χ1) is 15.7. The molecule has 9 heteroatoms. The fraction of sp³-hybridized carbons (Fsp3) is 0.125. The van der Waals surface area contributed by atoms with E-state index in [4.69, 9.17) is 9.47 Å². The summed E-state index contributed by atoms with van der Waals surface area (Å²) in [6.07, 6.45) is 1.33. The third kappa shape index (κ3) is 6.97. The highest BCUT2D eigenvalue weighted by atomic mass is 79.9. The molecule has 0 radical (unpaired) electrons. The number of hydrazone groups is 1. The summed E-state index contributed by atoms with van der Waals surface area (Å²) in [5, 5.41) is 3.93. The van der Waals surface area contributed by atoms with Crippen LogP contribution >= 0.6 is 31.9 Å². The summed E-state index contributed by atoms with van der Waals surface area (Å²) < 4.78 is 25.6. The predicted octanol–water partition coefficient (Wildman–Crippen LogP) is 5.72. The van der Waals surface area contributed by atoms with Crippen LogP contribution in [-0.4, -0.2) is 24.7 Å². The maximum Gasteiger partial charge on any atom is 0.343 e. The van der Waals surface area contributed by atoms with Crippen LogP contribution in [0.5, 0.6) is 11.5 Å². The molecule has 0 atom stereocenters. The molecular formula is C24H19Br2FN2O4. The van der Waals surface area contributed by atoms with E-state index in [1.165, 1.54) is 24.4 Å². The van der Waals surface area contributed by atoms with Gasteiger partial charge in [-0.3, -0.25) is 4.79 Å². The Morgan fingerprint density at radius 2 is 1.88 bits per heavy atom. The van der Waals surface area contributed by atoms with Crippen molar-refractivity contribution in [2.24, 2.45) is 5.10 Å². The van der Waals surface area contributed by atoms with Gasteiger partial charge in [0.25, 0.3) is 5.91 Å². The lowest BCUT2D eigenvalue weighted by Gasteiger charge is -2.11. The summed E-state index contributed by atoms with van der Waals surface area (Å²) in [6.45, 7) is 3.61. The molecule has 0 unspecified atom stereocenters. The second kappa shape index (κ2) is 11.2. The first kappa shape index (κ1) is 24.6. The predicted molar refractivity (Wildman–Crippen MR) is 130 cm³/mol. The molecule has 0 aliphatic heterocycles. The van der Waals surface area contributed by atoms with Crippen LogP contribution in [0, 0.1) is 19.7 Å². The van der Waals surface area contributed by atoms with E-state index in [2.05, 4.69) is 42.4 Å². The molecule has 1 amide bonds. The second-order valence-corrected chi connectivity index (χ2v) is 8.83. The van der Waals surface area contributed by atoms with E-state index < -0.39 is 17.7 Å². The number of halogens is 3. The van der Waals surface area contributed by atoms with E-state index in [-0.39, 0.29) is 17.9 Å². The average Bonchev–Trinajstić information content (AvgIpc) is 2.76. The van der Waals surface area contributed by atoms with Crippen LogP contribution in [0.3, 0.4) is 0 Å². The monoisotopic (exact) mass is 576 g/mol. The van der Waals surface area contributed by atoms with Crippen LogP contribution in [0.1, 0.15) is 27.0 Å². The van der Waals surface area contributed by atoms with Crippen molar-refractivity contribution in [3.8, 4) is 11.5 Å². The summed E-state index contributed by atoms with van der Waals surface area (Å²) in [6, 6.07) is 14.2. The molecule has 0 aliphatic carbocycles. The summed E-state index contributed by atoms with van der Waals surface area (Å²) >= 11 is 6.71. The SMILES string of the molecule is Cc1ccc(C)c(OCC(=O)NN=Cc2cc(Br)cc(Br)c2OC(=O)c2cccc(F)c2)c1. The van der Waals surface area contributed by atoms with Crippen molar-refractivity contribution in [2.75, 3.05) is 6.61 Å². The van der Waals surface area contributed by atoms with Crippen LogP contribution in [0.2, 0.25) is 0 Å². The lowest BCUT2D eigenvalue weighted by Crippen LogP contribution is -2.24. The first-order valence-corrected chi connectivity index (χ1v) is 11.3. The van der Waals surface area contributed by atoms with Crippen LogP contribution in [0.25, 0.3) is 0 Å². The molecular weight excluding hydrogens is 559 g/mol. The number of amides is 1. The van der Waals surface area contributed by atoms with Gasteiger partial charge in [0.15, 0.2) is 12.4 Å². The maximum absolute atomic E-state index is 13.4. The highest BCUT2D eigenvalue weighted by Gasteiger charge is 2.16. The molecule has 3 rings (SSSR count). The van der Waals surface area contributed by atoms with Gasteiger partial charge in [-0.25, -0.2) is 14.6 Å². The van der Waals surface area contributed by atoms with Crippen molar-refractivity contribution in [2.45, 2.75) is 13.8 Å². The molecule has 0 bridgehead atoms. The molecule has 0 saturated heterocycles. The van der Waals surface area contributed by atoms with E-state index in [0.29, 0.717) is 20.3 Å². The van der Waals surface area contributed by atoms with Crippen molar-refractivity contribution in [3.63, 3.8) is 0 Å². The number of carbonyl (C=O) groups is 2. The quantitative estimate of drug-likeness (QED) is 0.169. The number of hydrogen-bond acceptors (Lipinski definition) is 5. The number of aryl methyl sites for hydroxylation is 2. The van der Waals surface area contributed by atoms with Crippen molar-refractivity contribution in [1.82, 2.24) is 5.43 Å². The summed E-state index contributed by atoms with van der Waals surface area (Å²) in [5.74, 6) is -0.960. The van der Waals surface area contributed by atoms with Gasteiger partial charge in [-0.2, -0.15) is 5.10 Å². The van der Waals surface area contributed by atoms with Crippen LogP contribution in [0.4, 0.5) is 4.39 Å². The number of nitrogens with zero attached hydrogens (tertiary/aromatic N) is 1. The molecule has 33 heavy (non-hydrogen) atoms. The minimum absolute atomic E-state index is 0.0598. The Labute approximate surface area is 207 Å². The largest absolute Gasteiger partial charge is 0.483 e. The standard InChI is InChI=1S/C24H19Br2FN2O4/c1-14-6-7-15(2)21(8-14)32-13-22(30)29-28-12-17-9-18(25)11-20(26)23(17)33-24(31)16-4-3-5-19(27)10-16/h3-12H,13H2,1-2H3,(H,29,30). The fourth-order valence-electron chi connectivity index (χ4n) is 2.76. The Hall–Kier alpha value is -3.04. The van der Waals surface area contributed by atoms with Gasteiger partial charge < -0.3 is 9.47 Å². The lowest BCUT2D eigenvalue weighted by atomic mass is 10.1. The van der Waals surface area contributed by atoms with Gasteiger partial charge in [0.05, 0.1) is 16.3 Å². The smallest absolute Gasteiger partial charge is 0.343 e. The van der Waals surface area contributed by atoms with Crippen LogP contribution in [-0.2, 0) is 4.79 Å². The van der Waals surface area contributed by atoms with Crippen LogP contribution in [0.15, 0.2) is 68.6 Å². The normalized spacial score (nSPS) is 10.8. The third-order valence-electron chi connectivity index (χ3n) is 4.39. The molecule has 1 N–H and O–H groups in total. The van der Waals surface area contributed by atoms with Crippen molar-refractivity contribution >= 4 is 50.0 Å². The molecule has 0 spiro atoms. The van der Waals surface area contributed by atoms with E-state index in [9.17, 15) is 14.0 Å². The van der Waals surface area contributed by atoms with E-state index in [1.807, 2.05) is 32.0 Å². The van der Waals surface area contributed by atoms with Crippen molar-refractivity contribution < 1.29 is 23.5 Å². The zero-order valence-electron chi connectivity index (χ0n) is 17.7. The van der Waals surface area contributed by atoms with E-state index in [1.54, 1.807) is 12.1 Å². The summed E-state index contributed by atoms with van der Waals surface area (Å²) in [5.41, 5.74) is 4.78. The van der Waals surface area contributed by atoms with Crippen LogP contribution < -0.4 is 14.9 Å². The molecule has 3 aromatic carbocycles. The number of hydrogen-bond donors (Lipinski definition) is 1. The van der Waals surface area contributed by atoms with Gasteiger partial charge in [-0.05, 0) is 77.3 Å². The number of ether oxygens (including phenoxy) is 2. The summed E-state index contributed by atoms with van der Waals surface area (Å²) in [4.78, 5) is 24.6. The number of esters is 1. The summed E-state index contributed by atoms with van der Waals surface area (Å²) in [7, 11) is 0. The molecule has 3 aromatic rings. The molecule has 170 valence electrons. The first-order valence-electron chi connectivity index (χ1n) is 9.71. The Kier molecular flexibility index (Phi) is 8.35. The highest BCUT2D eigenvalue weighted by molar-refractivity contribution is 9.11. The Morgan fingerprint density at radius 1 is 1.09 bits per heavy atom. The van der Waals surface area contributed by atoms with Gasteiger partial charge in [0.1, 0.15) is 11.6 Å². The molecule has 0 heterocycles. The number of nitrogens with one attached hydrogen (secondary N) is 1. The minimum atomic E-state index is -0.738. The number of rotatable bonds is 7. The van der Waals surface area contributed by atoms with Gasteiger partial charge in [0, 0.05) is 10.0 Å². The number of benzene rings is 3. The Bertz CT molecular complexity index is 1230. The lowest BCUT2D eigenvalue weighted by molar-refractivity contribution is -0.123.